The van der Waals surface area contributed by atoms with Gasteiger partial charge in [0.2, 0.25) is 0 Å². The first kappa shape index (κ1) is 5.96. The molecule has 2 aliphatic rings. The number of ether oxygens (including phenoxy) is 1. The van der Waals surface area contributed by atoms with Crippen LogP contribution in [0.3, 0.4) is 0 Å². The third kappa shape index (κ3) is 0.939. The molecule has 0 aromatic heterocycles. The second kappa shape index (κ2) is 2.11. The minimum atomic E-state index is -0.0226. The fourth-order valence-electron chi connectivity index (χ4n) is 1.63. The van der Waals surface area contributed by atoms with Gasteiger partial charge >= 0.3 is 5.97 Å². The maximum Gasteiger partial charge on any atom is 0.306 e. The Labute approximate surface area is 59.9 Å². The molecule has 2 bridgehead atoms. The van der Waals surface area contributed by atoms with Crippen LogP contribution in [0.1, 0.15) is 19.3 Å². The Hall–Kier alpha value is -0.790. The van der Waals surface area contributed by atoms with E-state index in [1.165, 1.54) is 0 Å². The smallest absolute Gasteiger partial charge is 0.306 e. The van der Waals surface area contributed by atoms with Gasteiger partial charge in [0.05, 0.1) is 0 Å². The molecule has 0 aromatic carbocycles. The Morgan fingerprint density at radius 3 is 3.30 bits per heavy atom. The molecule has 2 unspecified atom stereocenters. The first-order chi connectivity index (χ1) is 4.84. The molecule has 2 heteroatoms. The van der Waals surface area contributed by atoms with E-state index >= 15 is 0 Å². The van der Waals surface area contributed by atoms with Crippen molar-refractivity contribution >= 4 is 5.97 Å². The predicted octanol–water partition coefficient (Wildman–Crippen LogP) is 1.27. The molecule has 1 aliphatic heterocycles. The van der Waals surface area contributed by atoms with E-state index in [4.69, 9.17) is 4.74 Å². The van der Waals surface area contributed by atoms with E-state index in [-0.39, 0.29) is 12.1 Å². The fraction of sp³-hybridized carbons (Fsp3) is 0.625. The van der Waals surface area contributed by atoms with Crippen LogP contribution in [0, 0.1) is 5.92 Å². The number of hydrogen-bond donors (Lipinski definition) is 0. The summed E-state index contributed by atoms with van der Waals surface area (Å²) >= 11 is 0. The van der Waals surface area contributed by atoms with Crippen LogP contribution in [-0.4, -0.2) is 12.1 Å². The van der Waals surface area contributed by atoms with Gasteiger partial charge in [-0.05, 0) is 24.8 Å². The standard InChI is InChI=1S/C8H10O2/c9-8-5-6-2-1-3-7(4-6)10-8/h1,3,6-7H,2,4-5H2. The summed E-state index contributed by atoms with van der Waals surface area (Å²) < 4.78 is 5.03. The van der Waals surface area contributed by atoms with Gasteiger partial charge < -0.3 is 4.74 Å². The SMILES string of the molecule is O=C1CC2CC=CC(C2)O1. The molecular weight excluding hydrogens is 128 g/mol. The fourth-order valence-corrected chi connectivity index (χ4v) is 1.63. The van der Waals surface area contributed by atoms with Gasteiger partial charge in [-0.15, -0.1) is 0 Å². The highest BCUT2D eigenvalue weighted by Crippen LogP contribution is 2.28. The van der Waals surface area contributed by atoms with Crippen molar-refractivity contribution in [2.45, 2.75) is 25.4 Å². The summed E-state index contributed by atoms with van der Waals surface area (Å²) in [6.45, 7) is 0. The normalized spacial score (nSPS) is 37.4. The molecular formula is C8H10O2. The number of allylic oxidation sites excluding steroid dienone is 1. The van der Waals surface area contributed by atoms with Gasteiger partial charge in [-0.25, -0.2) is 0 Å². The number of carbonyl (C=O) groups excluding carboxylic acids is 1. The lowest BCUT2D eigenvalue weighted by Crippen LogP contribution is -2.30. The van der Waals surface area contributed by atoms with Crippen LogP contribution in [0.4, 0.5) is 0 Å². The van der Waals surface area contributed by atoms with Crippen LogP contribution in [0.25, 0.3) is 0 Å². The van der Waals surface area contributed by atoms with Gasteiger partial charge in [-0.1, -0.05) is 6.08 Å². The monoisotopic (exact) mass is 138 g/mol. The molecule has 0 saturated carbocycles. The number of esters is 1. The van der Waals surface area contributed by atoms with Crippen molar-refractivity contribution in [3.8, 4) is 0 Å². The van der Waals surface area contributed by atoms with Crippen molar-refractivity contribution in [1.29, 1.82) is 0 Å². The number of fused-ring (bicyclic) bond motifs is 2. The summed E-state index contributed by atoms with van der Waals surface area (Å²) in [5.41, 5.74) is 0. The van der Waals surface area contributed by atoms with Crippen molar-refractivity contribution in [2.24, 2.45) is 5.92 Å². The van der Waals surface area contributed by atoms with Gasteiger partial charge in [-0.3, -0.25) is 4.79 Å². The summed E-state index contributed by atoms with van der Waals surface area (Å²) in [7, 11) is 0. The zero-order chi connectivity index (χ0) is 6.97. The Morgan fingerprint density at radius 2 is 2.50 bits per heavy atom. The van der Waals surface area contributed by atoms with Crippen molar-refractivity contribution in [3.05, 3.63) is 12.2 Å². The zero-order valence-electron chi connectivity index (χ0n) is 5.75. The van der Waals surface area contributed by atoms with Gasteiger partial charge in [0, 0.05) is 6.42 Å². The molecule has 54 valence electrons. The van der Waals surface area contributed by atoms with E-state index in [1.54, 1.807) is 0 Å². The van der Waals surface area contributed by atoms with E-state index in [0.717, 1.165) is 12.8 Å². The van der Waals surface area contributed by atoms with Gasteiger partial charge in [0.1, 0.15) is 6.10 Å². The molecule has 2 atom stereocenters. The Balaban J connectivity index is 2.16. The maximum absolute atomic E-state index is 10.8. The maximum atomic E-state index is 10.8. The zero-order valence-corrected chi connectivity index (χ0v) is 5.75. The average Bonchev–Trinajstić information content (AvgIpc) is 1.85. The molecule has 0 aromatic rings. The van der Waals surface area contributed by atoms with Crippen LogP contribution in [-0.2, 0) is 9.53 Å². The van der Waals surface area contributed by atoms with Gasteiger partial charge in [0.25, 0.3) is 0 Å². The third-order valence-electron chi connectivity index (χ3n) is 2.12. The van der Waals surface area contributed by atoms with Gasteiger partial charge in [-0.2, -0.15) is 0 Å². The summed E-state index contributed by atoms with van der Waals surface area (Å²) in [5, 5.41) is 0. The Morgan fingerprint density at radius 1 is 1.60 bits per heavy atom. The average molecular weight is 138 g/mol. The molecule has 2 rings (SSSR count). The summed E-state index contributed by atoms with van der Waals surface area (Å²) in [5.74, 6) is 0.543. The molecule has 2 nitrogen and oxygen atoms in total. The van der Waals surface area contributed by atoms with Crippen molar-refractivity contribution in [2.75, 3.05) is 0 Å². The van der Waals surface area contributed by atoms with E-state index in [9.17, 15) is 4.79 Å². The highest BCUT2D eigenvalue weighted by molar-refractivity contribution is 5.71. The number of hydrogen-bond acceptors (Lipinski definition) is 2. The van der Waals surface area contributed by atoms with Crippen LogP contribution in [0.5, 0.6) is 0 Å². The Kier molecular flexibility index (Phi) is 1.26. The number of rotatable bonds is 0. The highest BCUT2D eigenvalue weighted by atomic mass is 16.5. The Bertz CT molecular complexity index is 184. The van der Waals surface area contributed by atoms with Crippen LogP contribution in [0.15, 0.2) is 12.2 Å². The molecule has 0 radical (unpaired) electrons. The minimum Gasteiger partial charge on any atom is -0.458 e. The number of carbonyl (C=O) groups is 1. The molecule has 1 aliphatic carbocycles. The van der Waals surface area contributed by atoms with E-state index in [2.05, 4.69) is 6.08 Å². The largest absolute Gasteiger partial charge is 0.458 e. The molecule has 1 fully saturated rings. The second-order valence-electron chi connectivity index (χ2n) is 3.00. The topological polar surface area (TPSA) is 26.3 Å². The molecule has 0 spiro atoms. The predicted molar refractivity (Wildman–Crippen MR) is 36.4 cm³/mol. The van der Waals surface area contributed by atoms with Crippen LogP contribution in [0.2, 0.25) is 0 Å². The lowest BCUT2D eigenvalue weighted by molar-refractivity contribution is -0.154. The van der Waals surface area contributed by atoms with Crippen LogP contribution < -0.4 is 0 Å². The summed E-state index contributed by atoms with van der Waals surface area (Å²) in [6.07, 6.45) is 6.94. The van der Waals surface area contributed by atoms with Crippen molar-refractivity contribution in [1.82, 2.24) is 0 Å². The van der Waals surface area contributed by atoms with E-state index in [1.807, 2.05) is 6.08 Å². The first-order valence-corrected chi connectivity index (χ1v) is 3.71. The lowest BCUT2D eigenvalue weighted by Gasteiger charge is -2.29. The first-order valence-electron chi connectivity index (χ1n) is 3.71. The molecule has 0 amide bonds. The third-order valence-corrected chi connectivity index (χ3v) is 2.12. The van der Waals surface area contributed by atoms with Crippen molar-refractivity contribution in [3.63, 3.8) is 0 Å². The highest BCUT2D eigenvalue weighted by Gasteiger charge is 2.28. The lowest BCUT2D eigenvalue weighted by atomic mass is 9.88. The summed E-state index contributed by atoms with van der Waals surface area (Å²) in [6, 6.07) is 0. The second-order valence-corrected chi connectivity index (χ2v) is 3.00. The van der Waals surface area contributed by atoms with Gasteiger partial charge in [0.15, 0.2) is 0 Å². The quantitative estimate of drug-likeness (QED) is 0.372. The molecule has 1 saturated heterocycles. The van der Waals surface area contributed by atoms with E-state index < -0.39 is 0 Å². The molecule has 0 N–H and O–H groups in total. The van der Waals surface area contributed by atoms with Crippen molar-refractivity contribution < 1.29 is 9.53 Å². The minimum absolute atomic E-state index is 0.0226. The molecule has 1 heterocycles. The van der Waals surface area contributed by atoms with E-state index in [0.29, 0.717) is 12.3 Å². The summed E-state index contributed by atoms with van der Waals surface area (Å²) in [4.78, 5) is 10.8. The van der Waals surface area contributed by atoms with Crippen LogP contribution >= 0.6 is 0 Å². The molecule has 10 heavy (non-hydrogen) atoms.